The standard InChI is InChI=1S/C43H25NO2/c1-2-11-26(12-3-1)43-34-25-39-42(33-17-6-9-20-37(33)46-39)40(41(34)32-16-4-7-18-35(32)44-43)29-14-10-13-27(23-29)28-21-22-31-30-15-5-8-19-36(30)45-38(31)24-28/h1-25H. The average molecular weight is 588 g/mol. The Bertz CT molecular complexity index is 2800. The minimum Gasteiger partial charge on any atom is -0.456 e. The van der Waals surface area contributed by atoms with Crippen molar-refractivity contribution in [2.75, 3.05) is 0 Å². The highest BCUT2D eigenvalue weighted by molar-refractivity contribution is 6.27. The number of rotatable bonds is 3. The van der Waals surface area contributed by atoms with Crippen LogP contribution < -0.4 is 0 Å². The maximum atomic E-state index is 6.58. The highest BCUT2D eigenvalue weighted by Crippen LogP contribution is 2.46. The van der Waals surface area contributed by atoms with Crippen LogP contribution in [0.3, 0.4) is 0 Å². The zero-order valence-electron chi connectivity index (χ0n) is 24.7. The molecule has 46 heavy (non-hydrogen) atoms. The van der Waals surface area contributed by atoms with Gasteiger partial charge in [0, 0.05) is 48.8 Å². The summed E-state index contributed by atoms with van der Waals surface area (Å²) >= 11 is 0. The third-order valence-corrected chi connectivity index (χ3v) is 9.24. The van der Waals surface area contributed by atoms with Crippen LogP contribution in [-0.2, 0) is 0 Å². The largest absolute Gasteiger partial charge is 0.456 e. The van der Waals surface area contributed by atoms with Crippen LogP contribution in [0.1, 0.15) is 0 Å². The molecule has 10 aromatic rings. The van der Waals surface area contributed by atoms with Crippen molar-refractivity contribution in [2.45, 2.75) is 0 Å². The van der Waals surface area contributed by atoms with E-state index in [-0.39, 0.29) is 0 Å². The van der Waals surface area contributed by atoms with Crippen LogP contribution >= 0.6 is 0 Å². The van der Waals surface area contributed by atoms with Crippen LogP contribution in [0.4, 0.5) is 0 Å². The summed E-state index contributed by atoms with van der Waals surface area (Å²) in [7, 11) is 0. The van der Waals surface area contributed by atoms with E-state index < -0.39 is 0 Å². The molecule has 0 N–H and O–H groups in total. The molecule has 7 aromatic carbocycles. The van der Waals surface area contributed by atoms with Gasteiger partial charge in [0.05, 0.1) is 11.2 Å². The highest BCUT2D eigenvalue weighted by Gasteiger charge is 2.22. The maximum absolute atomic E-state index is 6.58. The van der Waals surface area contributed by atoms with Gasteiger partial charge in [-0.15, -0.1) is 0 Å². The number of hydrogen-bond acceptors (Lipinski definition) is 3. The Morgan fingerprint density at radius 3 is 1.85 bits per heavy atom. The van der Waals surface area contributed by atoms with Gasteiger partial charge in [0.25, 0.3) is 0 Å². The second kappa shape index (κ2) is 9.65. The van der Waals surface area contributed by atoms with Crippen molar-refractivity contribution in [3.63, 3.8) is 0 Å². The van der Waals surface area contributed by atoms with Gasteiger partial charge in [-0.25, -0.2) is 4.98 Å². The van der Waals surface area contributed by atoms with E-state index in [1.165, 1.54) is 5.39 Å². The van der Waals surface area contributed by atoms with E-state index >= 15 is 0 Å². The molecule has 214 valence electrons. The first kappa shape index (κ1) is 25.2. The van der Waals surface area contributed by atoms with Crippen molar-refractivity contribution in [3.05, 3.63) is 152 Å². The molecule has 0 unspecified atom stereocenters. The van der Waals surface area contributed by atoms with Gasteiger partial charge in [-0.3, -0.25) is 0 Å². The molecule has 3 aromatic heterocycles. The second-order valence-corrected chi connectivity index (χ2v) is 11.9. The molecule has 0 aliphatic carbocycles. The number of para-hydroxylation sites is 3. The van der Waals surface area contributed by atoms with Crippen LogP contribution in [0, 0.1) is 0 Å². The molecule has 0 aliphatic rings. The van der Waals surface area contributed by atoms with Crippen LogP contribution in [0.25, 0.3) is 99.1 Å². The molecule has 0 fully saturated rings. The Morgan fingerprint density at radius 1 is 0.348 bits per heavy atom. The topological polar surface area (TPSA) is 39.2 Å². The number of hydrogen-bond donors (Lipinski definition) is 0. The molecule has 3 heterocycles. The normalized spacial score (nSPS) is 11.9. The predicted octanol–water partition coefficient (Wildman–Crippen LogP) is 12.2. The van der Waals surface area contributed by atoms with Crippen molar-refractivity contribution in [2.24, 2.45) is 0 Å². The first-order valence-corrected chi connectivity index (χ1v) is 15.5. The van der Waals surface area contributed by atoms with E-state index in [1.54, 1.807) is 0 Å². The number of fused-ring (bicyclic) bond motifs is 9. The highest BCUT2D eigenvalue weighted by atomic mass is 16.3. The molecular weight excluding hydrogens is 562 g/mol. The summed E-state index contributed by atoms with van der Waals surface area (Å²) < 4.78 is 12.8. The van der Waals surface area contributed by atoms with E-state index in [4.69, 9.17) is 13.8 Å². The summed E-state index contributed by atoms with van der Waals surface area (Å²) in [5, 5.41) is 7.84. The third-order valence-electron chi connectivity index (χ3n) is 9.24. The number of pyridine rings is 1. The van der Waals surface area contributed by atoms with E-state index in [2.05, 4.69) is 127 Å². The average Bonchev–Trinajstić information content (AvgIpc) is 3.68. The monoisotopic (exact) mass is 587 g/mol. The van der Waals surface area contributed by atoms with Gasteiger partial charge in [0.1, 0.15) is 22.3 Å². The number of aromatic nitrogens is 1. The first-order valence-electron chi connectivity index (χ1n) is 15.5. The summed E-state index contributed by atoms with van der Waals surface area (Å²) in [5.74, 6) is 0. The van der Waals surface area contributed by atoms with Crippen molar-refractivity contribution < 1.29 is 8.83 Å². The number of benzene rings is 7. The Hall–Kier alpha value is -6.19. The fourth-order valence-corrected chi connectivity index (χ4v) is 7.18. The molecule has 0 spiro atoms. The third kappa shape index (κ3) is 3.69. The molecule has 0 saturated carbocycles. The van der Waals surface area contributed by atoms with Gasteiger partial charge in [0.2, 0.25) is 0 Å². The summed E-state index contributed by atoms with van der Waals surface area (Å²) in [6.07, 6.45) is 0. The predicted molar refractivity (Wildman–Crippen MR) is 190 cm³/mol. The lowest BCUT2D eigenvalue weighted by atomic mass is 9.88. The smallest absolute Gasteiger partial charge is 0.136 e. The van der Waals surface area contributed by atoms with E-state index in [0.29, 0.717) is 0 Å². The lowest BCUT2D eigenvalue weighted by molar-refractivity contribution is 0.669. The summed E-state index contributed by atoms with van der Waals surface area (Å²) in [4.78, 5) is 5.23. The first-order chi connectivity index (χ1) is 22.8. The van der Waals surface area contributed by atoms with E-state index in [0.717, 1.165) is 93.7 Å². The fourth-order valence-electron chi connectivity index (χ4n) is 7.18. The summed E-state index contributed by atoms with van der Waals surface area (Å²) in [6.45, 7) is 0. The molecule has 3 nitrogen and oxygen atoms in total. The maximum Gasteiger partial charge on any atom is 0.136 e. The summed E-state index contributed by atoms with van der Waals surface area (Å²) in [6, 6.07) is 53.1. The van der Waals surface area contributed by atoms with Gasteiger partial charge in [-0.2, -0.15) is 0 Å². The lowest BCUT2D eigenvalue weighted by Crippen LogP contribution is -1.93. The van der Waals surface area contributed by atoms with Crippen LogP contribution in [0.2, 0.25) is 0 Å². The number of furan rings is 2. The van der Waals surface area contributed by atoms with Crippen molar-refractivity contribution >= 4 is 65.6 Å². The van der Waals surface area contributed by atoms with Crippen molar-refractivity contribution in [1.29, 1.82) is 0 Å². The molecule has 0 atom stereocenters. The van der Waals surface area contributed by atoms with Gasteiger partial charge in [-0.1, -0.05) is 109 Å². The van der Waals surface area contributed by atoms with Gasteiger partial charge >= 0.3 is 0 Å². The molecule has 10 rings (SSSR count). The molecular formula is C43H25NO2. The Morgan fingerprint density at radius 2 is 0.978 bits per heavy atom. The van der Waals surface area contributed by atoms with Crippen molar-refractivity contribution in [1.82, 2.24) is 4.98 Å². The molecule has 0 saturated heterocycles. The number of nitrogens with zero attached hydrogens (tertiary/aromatic N) is 1. The van der Waals surface area contributed by atoms with Gasteiger partial charge in [0.15, 0.2) is 0 Å². The molecule has 0 aliphatic heterocycles. The van der Waals surface area contributed by atoms with Crippen LogP contribution in [0.5, 0.6) is 0 Å². The Kier molecular flexibility index (Phi) is 5.28. The Balaban J connectivity index is 1.31. The fraction of sp³-hybridized carbons (Fsp3) is 0. The van der Waals surface area contributed by atoms with Crippen LogP contribution in [-0.4, -0.2) is 4.98 Å². The van der Waals surface area contributed by atoms with E-state index in [9.17, 15) is 0 Å². The van der Waals surface area contributed by atoms with E-state index in [1.807, 2.05) is 24.3 Å². The zero-order chi connectivity index (χ0) is 30.2. The molecule has 0 amide bonds. The van der Waals surface area contributed by atoms with Crippen molar-refractivity contribution in [3.8, 4) is 33.5 Å². The lowest BCUT2D eigenvalue weighted by Gasteiger charge is -2.16. The van der Waals surface area contributed by atoms with Gasteiger partial charge < -0.3 is 8.83 Å². The van der Waals surface area contributed by atoms with Gasteiger partial charge in [-0.05, 0) is 59.2 Å². The minimum absolute atomic E-state index is 0.854. The SMILES string of the molecule is c1ccc(-c2nc3ccccc3c3c(-c4cccc(-c5ccc6c(c5)oc5ccccc56)c4)c4c(cc23)oc2ccccc24)cc1. The van der Waals surface area contributed by atoms with Crippen LogP contribution in [0.15, 0.2) is 160 Å². The molecule has 0 radical (unpaired) electrons. The summed E-state index contributed by atoms with van der Waals surface area (Å²) in [5.41, 5.74) is 11.0. The second-order valence-electron chi connectivity index (χ2n) is 11.9. The minimum atomic E-state index is 0.854. The molecule has 0 bridgehead atoms. The quantitative estimate of drug-likeness (QED) is 0.193. The zero-order valence-corrected chi connectivity index (χ0v) is 24.7. The Labute approximate surface area is 264 Å². The molecule has 3 heteroatoms.